The van der Waals surface area contributed by atoms with E-state index in [9.17, 15) is 0 Å². The van der Waals surface area contributed by atoms with Crippen molar-refractivity contribution in [1.82, 2.24) is 0 Å². The molecule has 3 nitrogen and oxygen atoms in total. The van der Waals surface area contributed by atoms with Gasteiger partial charge in [-0.2, -0.15) is 0 Å². The van der Waals surface area contributed by atoms with Gasteiger partial charge in [-0.05, 0) is 17.7 Å². The summed E-state index contributed by atoms with van der Waals surface area (Å²) in [4.78, 5) is 0. The van der Waals surface area contributed by atoms with Crippen LogP contribution >= 0.6 is 11.6 Å². The Morgan fingerprint density at radius 1 is 1.40 bits per heavy atom. The molecule has 1 heterocycles. The lowest BCUT2D eigenvalue weighted by atomic mass is 10.0. The fourth-order valence-electron chi connectivity index (χ4n) is 1.64. The Labute approximate surface area is 94.1 Å². The maximum atomic E-state index is 6.07. The van der Waals surface area contributed by atoms with Crippen molar-refractivity contribution in [2.45, 2.75) is 12.1 Å². The van der Waals surface area contributed by atoms with Crippen molar-refractivity contribution in [3.8, 4) is 0 Å². The molecule has 2 N–H and O–H groups in total. The van der Waals surface area contributed by atoms with E-state index in [4.69, 9.17) is 26.8 Å². The second-order valence-electron chi connectivity index (χ2n) is 3.56. The highest BCUT2D eigenvalue weighted by Gasteiger charge is 2.23. The molecule has 0 aromatic heterocycles. The molecule has 2 unspecified atom stereocenters. The van der Waals surface area contributed by atoms with Gasteiger partial charge in [0.05, 0.1) is 25.9 Å². The molecule has 0 saturated carbocycles. The molecule has 2 rings (SSSR count). The normalized spacial score (nSPS) is 23.7. The van der Waals surface area contributed by atoms with E-state index in [1.165, 1.54) is 0 Å². The lowest BCUT2D eigenvalue weighted by Crippen LogP contribution is -2.37. The van der Waals surface area contributed by atoms with Gasteiger partial charge < -0.3 is 15.2 Å². The van der Waals surface area contributed by atoms with Crippen LogP contribution in [-0.2, 0) is 9.47 Å². The van der Waals surface area contributed by atoms with Gasteiger partial charge >= 0.3 is 0 Å². The van der Waals surface area contributed by atoms with Crippen molar-refractivity contribution in [2.75, 3.05) is 19.8 Å². The lowest BCUT2D eigenvalue weighted by molar-refractivity contribution is -0.0975. The van der Waals surface area contributed by atoms with Gasteiger partial charge in [-0.15, -0.1) is 0 Å². The first-order valence-corrected chi connectivity index (χ1v) is 5.35. The zero-order valence-electron chi connectivity index (χ0n) is 8.36. The molecule has 1 aromatic rings. The first-order chi connectivity index (χ1) is 7.27. The molecule has 0 aliphatic carbocycles. The van der Waals surface area contributed by atoms with E-state index in [1.54, 1.807) is 0 Å². The molecular formula is C11H14ClNO2. The summed E-state index contributed by atoms with van der Waals surface area (Å²) >= 11 is 5.90. The third-order valence-electron chi connectivity index (χ3n) is 2.48. The van der Waals surface area contributed by atoms with Crippen LogP contribution in [0.15, 0.2) is 24.3 Å². The summed E-state index contributed by atoms with van der Waals surface area (Å²) in [6.45, 7) is 1.81. The van der Waals surface area contributed by atoms with Gasteiger partial charge in [0.1, 0.15) is 6.10 Å². The van der Waals surface area contributed by atoms with Gasteiger partial charge in [-0.25, -0.2) is 0 Å². The molecule has 1 aromatic carbocycles. The minimum Gasteiger partial charge on any atom is -0.376 e. The quantitative estimate of drug-likeness (QED) is 0.838. The van der Waals surface area contributed by atoms with Crippen LogP contribution in [0.2, 0.25) is 5.02 Å². The summed E-state index contributed by atoms with van der Waals surface area (Å²) < 4.78 is 10.9. The molecule has 0 amide bonds. The fourth-order valence-corrected chi connectivity index (χ4v) is 1.84. The van der Waals surface area contributed by atoms with Crippen molar-refractivity contribution in [1.29, 1.82) is 0 Å². The topological polar surface area (TPSA) is 44.5 Å². The van der Waals surface area contributed by atoms with Gasteiger partial charge in [0.2, 0.25) is 0 Å². The zero-order chi connectivity index (χ0) is 10.7. The highest BCUT2D eigenvalue weighted by molar-refractivity contribution is 6.30. The highest BCUT2D eigenvalue weighted by atomic mass is 35.5. The maximum Gasteiger partial charge on any atom is 0.100 e. The SMILES string of the molecule is NC(c1cccc(Cl)c1)C1COCCO1. The van der Waals surface area contributed by atoms with Crippen LogP contribution in [0.5, 0.6) is 0 Å². The lowest BCUT2D eigenvalue weighted by Gasteiger charge is -2.28. The van der Waals surface area contributed by atoms with Crippen LogP contribution in [0.4, 0.5) is 0 Å². The van der Waals surface area contributed by atoms with E-state index < -0.39 is 0 Å². The molecule has 0 radical (unpaired) electrons. The summed E-state index contributed by atoms with van der Waals surface area (Å²) in [5.74, 6) is 0. The first-order valence-electron chi connectivity index (χ1n) is 4.98. The molecule has 1 aliphatic rings. The molecule has 4 heteroatoms. The van der Waals surface area contributed by atoms with Crippen molar-refractivity contribution < 1.29 is 9.47 Å². The van der Waals surface area contributed by atoms with E-state index in [2.05, 4.69) is 0 Å². The Balaban J connectivity index is 2.08. The molecule has 2 atom stereocenters. The third-order valence-corrected chi connectivity index (χ3v) is 2.71. The van der Waals surface area contributed by atoms with Crippen LogP contribution in [0, 0.1) is 0 Å². The van der Waals surface area contributed by atoms with Gasteiger partial charge in [0, 0.05) is 5.02 Å². The smallest absolute Gasteiger partial charge is 0.100 e. The Morgan fingerprint density at radius 3 is 2.93 bits per heavy atom. The second-order valence-corrected chi connectivity index (χ2v) is 4.00. The summed E-state index contributed by atoms with van der Waals surface area (Å²) in [5, 5.41) is 0.694. The number of rotatable bonds is 2. The largest absolute Gasteiger partial charge is 0.376 e. The summed E-state index contributed by atoms with van der Waals surface area (Å²) in [6.07, 6.45) is -0.0720. The third kappa shape index (κ3) is 2.69. The predicted molar refractivity (Wildman–Crippen MR) is 58.9 cm³/mol. The molecule has 1 saturated heterocycles. The Kier molecular flexibility index (Phi) is 3.59. The molecule has 0 spiro atoms. The Morgan fingerprint density at radius 2 is 2.27 bits per heavy atom. The number of nitrogens with two attached hydrogens (primary N) is 1. The number of ether oxygens (including phenoxy) is 2. The molecule has 15 heavy (non-hydrogen) atoms. The van der Waals surface area contributed by atoms with Gasteiger partial charge in [0.25, 0.3) is 0 Å². The van der Waals surface area contributed by atoms with Crippen LogP contribution < -0.4 is 5.73 Å². The minimum absolute atomic E-state index is 0.0720. The van der Waals surface area contributed by atoms with Gasteiger partial charge in [-0.3, -0.25) is 0 Å². The molecule has 1 fully saturated rings. The van der Waals surface area contributed by atoms with Gasteiger partial charge in [0.15, 0.2) is 0 Å². The van der Waals surface area contributed by atoms with E-state index >= 15 is 0 Å². The first kappa shape index (κ1) is 10.9. The Hall–Kier alpha value is -0.610. The van der Waals surface area contributed by atoms with Crippen molar-refractivity contribution in [3.63, 3.8) is 0 Å². The molecule has 82 valence electrons. The van der Waals surface area contributed by atoms with Crippen LogP contribution in [0.1, 0.15) is 11.6 Å². The van der Waals surface area contributed by atoms with Crippen molar-refractivity contribution in [2.24, 2.45) is 5.73 Å². The standard InChI is InChI=1S/C11H14ClNO2/c12-9-3-1-2-8(6-9)11(13)10-7-14-4-5-15-10/h1-3,6,10-11H,4-5,7,13H2. The number of hydrogen-bond donors (Lipinski definition) is 1. The van der Waals surface area contributed by atoms with E-state index in [-0.39, 0.29) is 12.1 Å². The minimum atomic E-state index is -0.177. The monoisotopic (exact) mass is 227 g/mol. The van der Waals surface area contributed by atoms with Crippen molar-refractivity contribution in [3.05, 3.63) is 34.9 Å². The number of hydrogen-bond acceptors (Lipinski definition) is 3. The second kappa shape index (κ2) is 4.94. The summed E-state index contributed by atoms with van der Waals surface area (Å²) in [6, 6.07) is 7.36. The Bertz CT molecular complexity index is 326. The molecular weight excluding hydrogens is 214 g/mol. The number of benzene rings is 1. The highest BCUT2D eigenvalue weighted by Crippen LogP contribution is 2.21. The van der Waals surface area contributed by atoms with Gasteiger partial charge in [-0.1, -0.05) is 23.7 Å². The van der Waals surface area contributed by atoms with E-state index in [0.29, 0.717) is 24.8 Å². The average Bonchev–Trinajstić information content (AvgIpc) is 2.29. The average molecular weight is 228 g/mol. The van der Waals surface area contributed by atoms with Crippen molar-refractivity contribution >= 4 is 11.6 Å². The predicted octanol–water partition coefficient (Wildman–Crippen LogP) is 1.76. The fraction of sp³-hybridized carbons (Fsp3) is 0.455. The van der Waals surface area contributed by atoms with Crippen LogP contribution in [0.3, 0.4) is 0 Å². The van der Waals surface area contributed by atoms with E-state index in [1.807, 2.05) is 24.3 Å². The maximum absolute atomic E-state index is 6.07. The van der Waals surface area contributed by atoms with E-state index in [0.717, 1.165) is 5.56 Å². The zero-order valence-corrected chi connectivity index (χ0v) is 9.11. The van der Waals surface area contributed by atoms with Crippen LogP contribution in [-0.4, -0.2) is 25.9 Å². The van der Waals surface area contributed by atoms with Crippen LogP contribution in [0.25, 0.3) is 0 Å². The molecule has 0 bridgehead atoms. The molecule has 1 aliphatic heterocycles. The summed E-state index contributed by atoms with van der Waals surface area (Å²) in [7, 11) is 0. The number of halogens is 1. The summed E-state index contributed by atoms with van der Waals surface area (Å²) in [5.41, 5.74) is 7.06.